The minimum atomic E-state index is -1.02. The Bertz CT molecular complexity index is 561. The Morgan fingerprint density at radius 3 is 2.74 bits per heavy atom. The summed E-state index contributed by atoms with van der Waals surface area (Å²) in [6.45, 7) is 9.57. The molecule has 0 amide bonds. The maximum atomic E-state index is 11.3. The number of hydrogen-bond acceptors (Lipinski definition) is 3. The highest BCUT2D eigenvalue weighted by molar-refractivity contribution is 5.85. The molecule has 3 heteroatoms. The standard InChI is InChI=1S/C20H30O3/c1-13-6-5-7-16-19(13,3)10-8-14(2)20(16,4)11-9-15-12-17(21)23-18(15)22/h6,12,14,16,18,22H,5,7-11H2,1-4H3/t14-,16-,18-,19-,20-/m0/s1. The average Bonchev–Trinajstić information content (AvgIpc) is 2.82. The van der Waals surface area contributed by atoms with Crippen LogP contribution in [0.3, 0.4) is 0 Å². The molecule has 1 fully saturated rings. The number of aliphatic hydroxyl groups is 1. The number of ether oxygens (including phenoxy) is 1. The van der Waals surface area contributed by atoms with E-state index in [0.717, 1.165) is 18.4 Å². The molecule has 1 saturated carbocycles. The van der Waals surface area contributed by atoms with Crippen LogP contribution in [-0.4, -0.2) is 17.4 Å². The lowest BCUT2D eigenvalue weighted by Crippen LogP contribution is -2.49. The van der Waals surface area contributed by atoms with Crippen LogP contribution in [0.4, 0.5) is 0 Å². The molecule has 0 aromatic heterocycles. The number of rotatable bonds is 3. The summed E-state index contributed by atoms with van der Waals surface area (Å²) in [4.78, 5) is 11.3. The van der Waals surface area contributed by atoms with E-state index in [0.29, 0.717) is 17.3 Å². The fourth-order valence-corrected chi connectivity index (χ4v) is 5.38. The van der Waals surface area contributed by atoms with Crippen LogP contribution >= 0.6 is 0 Å². The van der Waals surface area contributed by atoms with Gasteiger partial charge in [-0.25, -0.2) is 4.79 Å². The summed E-state index contributed by atoms with van der Waals surface area (Å²) in [7, 11) is 0. The molecule has 0 aromatic carbocycles. The lowest BCUT2D eigenvalue weighted by atomic mass is 9.47. The van der Waals surface area contributed by atoms with Crippen LogP contribution in [0.15, 0.2) is 23.3 Å². The fourth-order valence-electron chi connectivity index (χ4n) is 5.38. The zero-order valence-electron chi connectivity index (χ0n) is 14.9. The summed E-state index contributed by atoms with van der Waals surface area (Å²) >= 11 is 0. The van der Waals surface area contributed by atoms with E-state index in [1.165, 1.54) is 31.8 Å². The van der Waals surface area contributed by atoms with Gasteiger partial charge in [-0.05, 0) is 68.1 Å². The Morgan fingerprint density at radius 1 is 1.35 bits per heavy atom. The molecule has 23 heavy (non-hydrogen) atoms. The van der Waals surface area contributed by atoms with E-state index in [4.69, 9.17) is 4.74 Å². The van der Waals surface area contributed by atoms with Crippen LogP contribution in [0.5, 0.6) is 0 Å². The second-order valence-corrected chi connectivity index (χ2v) is 8.39. The van der Waals surface area contributed by atoms with E-state index in [1.54, 1.807) is 5.57 Å². The summed E-state index contributed by atoms with van der Waals surface area (Å²) < 4.78 is 4.83. The minimum absolute atomic E-state index is 0.245. The molecule has 0 aromatic rings. The van der Waals surface area contributed by atoms with Gasteiger partial charge in [-0.2, -0.15) is 0 Å². The summed E-state index contributed by atoms with van der Waals surface area (Å²) in [6, 6.07) is 0. The summed E-state index contributed by atoms with van der Waals surface area (Å²) in [5, 5.41) is 9.84. The SMILES string of the molecule is CC1=CCC[C@@H]2[C@@](C)(CCC3=CC(=O)O[C@@H]3O)[C@@H](C)CC[C@@]12C. The summed E-state index contributed by atoms with van der Waals surface area (Å²) in [6.07, 6.45) is 9.63. The van der Waals surface area contributed by atoms with Gasteiger partial charge in [-0.1, -0.05) is 32.4 Å². The normalized spacial score (nSPS) is 43.5. The van der Waals surface area contributed by atoms with Crippen LogP contribution in [0, 0.1) is 22.7 Å². The Hall–Kier alpha value is -1.09. The molecule has 2 aliphatic carbocycles. The highest BCUT2D eigenvalue weighted by atomic mass is 16.6. The van der Waals surface area contributed by atoms with E-state index >= 15 is 0 Å². The molecule has 1 aliphatic heterocycles. The van der Waals surface area contributed by atoms with Gasteiger partial charge in [0.25, 0.3) is 0 Å². The maximum Gasteiger partial charge on any atom is 0.333 e. The molecule has 0 radical (unpaired) electrons. The van der Waals surface area contributed by atoms with Gasteiger partial charge < -0.3 is 9.84 Å². The molecule has 0 saturated heterocycles. The molecule has 3 nitrogen and oxygen atoms in total. The van der Waals surface area contributed by atoms with E-state index in [-0.39, 0.29) is 5.41 Å². The van der Waals surface area contributed by atoms with Gasteiger partial charge in [0.1, 0.15) is 0 Å². The topological polar surface area (TPSA) is 46.5 Å². The van der Waals surface area contributed by atoms with Crippen LogP contribution in [0.1, 0.15) is 66.2 Å². The van der Waals surface area contributed by atoms with Crippen molar-refractivity contribution in [1.82, 2.24) is 0 Å². The minimum Gasteiger partial charge on any atom is -0.429 e. The van der Waals surface area contributed by atoms with Crippen molar-refractivity contribution in [2.75, 3.05) is 0 Å². The summed E-state index contributed by atoms with van der Waals surface area (Å²) in [5.74, 6) is 0.942. The van der Waals surface area contributed by atoms with Crippen molar-refractivity contribution in [1.29, 1.82) is 0 Å². The van der Waals surface area contributed by atoms with Gasteiger partial charge in [0.2, 0.25) is 6.29 Å². The third-order valence-electron chi connectivity index (χ3n) is 7.39. The second-order valence-electron chi connectivity index (χ2n) is 8.39. The molecule has 0 spiro atoms. The lowest BCUT2D eigenvalue weighted by molar-refractivity contribution is -0.151. The molecule has 128 valence electrons. The quantitative estimate of drug-likeness (QED) is 0.621. The van der Waals surface area contributed by atoms with Crippen molar-refractivity contribution in [2.24, 2.45) is 22.7 Å². The number of esters is 1. The number of allylic oxidation sites excluding steroid dienone is 2. The molecular weight excluding hydrogens is 288 g/mol. The largest absolute Gasteiger partial charge is 0.429 e. The van der Waals surface area contributed by atoms with Crippen LogP contribution in [-0.2, 0) is 9.53 Å². The Labute approximate surface area is 139 Å². The number of carbonyl (C=O) groups is 1. The van der Waals surface area contributed by atoms with Crippen molar-refractivity contribution >= 4 is 5.97 Å². The van der Waals surface area contributed by atoms with Crippen molar-refractivity contribution < 1.29 is 14.6 Å². The third-order valence-corrected chi connectivity index (χ3v) is 7.39. The Kier molecular flexibility index (Phi) is 4.20. The third kappa shape index (κ3) is 2.67. The fraction of sp³-hybridized carbons (Fsp3) is 0.750. The highest BCUT2D eigenvalue weighted by Crippen LogP contribution is 2.61. The first-order valence-electron chi connectivity index (χ1n) is 9.04. The summed E-state index contributed by atoms with van der Waals surface area (Å²) in [5.41, 5.74) is 2.87. The number of fused-ring (bicyclic) bond motifs is 1. The molecule has 1 heterocycles. The van der Waals surface area contributed by atoms with E-state index in [2.05, 4.69) is 33.8 Å². The first-order valence-corrected chi connectivity index (χ1v) is 9.04. The van der Waals surface area contributed by atoms with E-state index in [9.17, 15) is 9.90 Å². The smallest absolute Gasteiger partial charge is 0.333 e. The molecular formula is C20H30O3. The zero-order chi connectivity index (χ0) is 16.8. The zero-order valence-corrected chi connectivity index (χ0v) is 14.9. The number of hydrogen-bond donors (Lipinski definition) is 1. The van der Waals surface area contributed by atoms with Gasteiger partial charge in [-0.15, -0.1) is 0 Å². The van der Waals surface area contributed by atoms with Crippen molar-refractivity contribution in [3.8, 4) is 0 Å². The van der Waals surface area contributed by atoms with Crippen molar-refractivity contribution in [3.05, 3.63) is 23.3 Å². The van der Waals surface area contributed by atoms with Gasteiger partial charge in [-0.3, -0.25) is 0 Å². The number of carbonyl (C=O) groups excluding carboxylic acids is 1. The van der Waals surface area contributed by atoms with E-state index < -0.39 is 12.3 Å². The molecule has 1 N–H and O–H groups in total. The molecule has 5 atom stereocenters. The second kappa shape index (κ2) is 5.77. The van der Waals surface area contributed by atoms with Crippen molar-refractivity contribution in [2.45, 2.75) is 72.5 Å². The predicted octanol–water partition coefficient (Wildman–Crippen LogP) is 4.37. The first-order chi connectivity index (χ1) is 10.8. The molecule has 3 rings (SSSR count). The molecule has 3 aliphatic rings. The average molecular weight is 318 g/mol. The van der Waals surface area contributed by atoms with Crippen LogP contribution in [0.25, 0.3) is 0 Å². The van der Waals surface area contributed by atoms with Crippen molar-refractivity contribution in [3.63, 3.8) is 0 Å². The first kappa shape index (κ1) is 16.8. The van der Waals surface area contributed by atoms with Gasteiger partial charge in [0.05, 0.1) is 0 Å². The van der Waals surface area contributed by atoms with Crippen LogP contribution in [0.2, 0.25) is 0 Å². The predicted molar refractivity (Wildman–Crippen MR) is 90.5 cm³/mol. The molecule has 0 bridgehead atoms. The van der Waals surface area contributed by atoms with Gasteiger partial charge in [0, 0.05) is 11.6 Å². The number of aliphatic hydroxyl groups excluding tert-OH is 1. The maximum absolute atomic E-state index is 11.3. The van der Waals surface area contributed by atoms with Gasteiger partial charge in [0.15, 0.2) is 0 Å². The Morgan fingerprint density at radius 2 is 2.09 bits per heavy atom. The lowest BCUT2D eigenvalue weighted by Gasteiger charge is -2.58. The highest BCUT2D eigenvalue weighted by Gasteiger charge is 2.53. The van der Waals surface area contributed by atoms with E-state index in [1.807, 2.05) is 0 Å². The number of cyclic esters (lactones) is 1. The van der Waals surface area contributed by atoms with Crippen LogP contribution < -0.4 is 0 Å². The van der Waals surface area contributed by atoms with Gasteiger partial charge >= 0.3 is 5.97 Å². The molecule has 0 unspecified atom stereocenters. The monoisotopic (exact) mass is 318 g/mol. The Balaban J connectivity index is 1.82.